The predicted molar refractivity (Wildman–Crippen MR) is 162 cm³/mol. The molecule has 9 rings (SSSR count). The smallest absolute Gasteiger partial charge is 0.135 e. The molecule has 3 aromatic heterocycles. The molecule has 182 valence electrons. The highest BCUT2D eigenvalue weighted by atomic mass is 16.3. The van der Waals surface area contributed by atoms with Crippen molar-refractivity contribution in [3.63, 3.8) is 0 Å². The molecule has 3 heterocycles. The molecular weight excluding hydrogens is 476 g/mol. The van der Waals surface area contributed by atoms with E-state index in [1.807, 2.05) is 0 Å². The third kappa shape index (κ3) is 2.82. The fourth-order valence-corrected chi connectivity index (χ4v) is 6.43. The minimum Gasteiger partial charge on any atom is -0.456 e. The highest BCUT2D eigenvalue weighted by Gasteiger charge is 2.16. The summed E-state index contributed by atoms with van der Waals surface area (Å²) in [6.45, 7) is 0. The normalized spacial score (nSPS) is 12.1. The summed E-state index contributed by atoms with van der Waals surface area (Å²) in [5, 5.41) is 7.29. The molecule has 39 heavy (non-hydrogen) atoms. The molecule has 0 aliphatic carbocycles. The number of hydrogen-bond donors (Lipinski definition) is 0. The second-order valence-corrected chi connectivity index (χ2v) is 10.2. The summed E-state index contributed by atoms with van der Waals surface area (Å²) in [5.74, 6) is 0. The van der Waals surface area contributed by atoms with Crippen molar-refractivity contribution in [1.82, 2.24) is 9.13 Å². The van der Waals surface area contributed by atoms with Gasteiger partial charge in [-0.05, 0) is 60.7 Å². The molecule has 9 aromatic rings. The third-order valence-electron chi connectivity index (χ3n) is 8.11. The number of hydrogen-bond acceptors (Lipinski definition) is 1. The monoisotopic (exact) mass is 498 g/mol. The lowest BCUT2D eigenvalue weighted by molar-refractivity contribution is 0.669. The number of benzene rings is 6. The first-order chi connectivity index (χ1) is 19.3. The molecule has 6 aromatic carbocycles. The topological polar surface area (TPSA) is 23.0 Å². The van der Waals surface area contributed by atoms with Crippen LogP contribution in [-0.2, 0) is 0 Å². The predicted octanol–water partition coefficient (Wildman–Crippen LogP) is 9.78. The average molecular weight is 499 g/mol. The van der Waals surface area contributed by atoms with Gasteiger partial charge in [0.15, 0.2) is 0 Å². The molecule has 0 saturated carbocycles. The molecule has 0 N–H and O–H groups in total. The lowest BCUT2D eigenvalue weighted by Crippen LogP contribution is -1.94. The molecule has 0 bridgehead atoms. The summed E-state index contributed by atoms with van der Waals surface area (Å²) in [4.78, 5) is 0. The fraction of sp³-hybridized carbons (Fsp3) is 0. The quantitative estimate of drug-likeness (QED) is 0.233. The number of nitrogens with zero attached hydrogens (tertiary/aromatic N) is 2. The van der Waals surface area contributed by atoms with Crippen molar-refractivity contribution < 1.29 is 4.42 Å². The third-order valence-corrected chi connectivity index (χ3v) is 8.11. The summed E-state index contributed by atoms with van der Waals surface area (Å²) in [6, 6.07) is 47.6. The fourth-order valence-electron chi connectivity index (χ4n) is 6.43. The Labute approximate surface area is 223 Å². The lowest BCUT2D eigenvalue weighted by atomic mass is 10.1. The van der Waals surface area contributed by atoms with Crippen LogP contribution >= 0.6 is 0 Å². The van der Waals surface area contributed by atoms with Gasteiger partial charge in [-0.15, -0.1) is 0 Å². The Balaban J connectivity index is 1.32. The van der Waals surface area contributed by atoms with E-state index < -0.39 is 0 Å². The van der Waals surface area contributed by atoms with E-state index in [-0.39, 0.29) is 0 Å². The van der Waals surface area contributed by atoms with Crippen LogP contribution in [0.25, 0.3) is 76.9 Å². The van der Waals surface area contributed by atoms with E-state index in [4.69, 9.17) is 4.42 Å². The van der Waals surface area contributed by atoms with E-state index in [2.05, 4.69) is 143 Å². The number of aromatic nitrogens is 2. The Hall–Kier alpha value is -5.28. The van der Waals surface area contributed by atoms with Crippen molar-refractivity contribution in [3.05, 3.63) is 133 Å². The van der Waals surface area contributed by atoms with E-state index >= 15 is 0 Å². The maximum Gasteiger partial charge on any atom is 0.135 e. The van der Waals surface area contributed by atoms with E-state index in [0.29, 0.717) is 0 Å². The number of rotatable bonds is 2. The first-order valence-corrected chi connectivity index (χ1v) is 13.3. The van der Waals surface area contributed by atoms with Gasteiger partial charge in [0.1, 0.15) is 11.2 Å². The van der Waals surface area contributed by atoms with Gasteiger partial charge >= 0.3 is 0 Å². The van der Waals surface area contributed by atoms with Crippen LogP contribution in [0.2, 0.25) is 0 Å². The van der Waals surface area contributed by atoms with Gasteiger partial charge < -0.3 is 13.6 Å². The number of furan rings is 1. The van der Waals surface area contributed by atoms with Gasteiger partial charge in [0.2, 0.25) is 0 Å². The second-order valence-electron chi connectivity index (χ2n) is 10.2. The minimum atomic E-state index is 0.897. The number of para-hydroxylation sites is 4. The summed E-state index contributed by atoms with van der Waals surface area (Å²) in [7, 11) is 0. The van der Waals surface area contributed by atoms with E-state index in [1.54, 1.807) is 0 Å². The van der Waals surface area contributed by atoms with Crippen LogP contribution in [0.4, 0.5) is 0 Å². The van der Waals surface area contributed by atoms with Crippen molar-refractivity contribution in [2.75, 3.05) is 0 Å². The van der Waals surface area contributed by atoms with Gasteiger partial charge in [-0.25, -0.2) is 0 Å². The van der Waals surface area contributed by atoms with Crippen LogP contribution < -0.4 is 0 Å². The van der Waals surface area contributed by atoms with Crippen LogP contribution in [0.3, 0.4) is 0 Å². The van der Waals surface area contributed by atoms with Crippen LogP contribution in [0.1, 0.15) is 0 Å². The summed E-state index contributed by atoms with van der Waals surface area (Å²) >= 11 is 0. The average Bonchev–Trinajstić information content (AvgIpc) is 3.64. The molecule has 0 radical (unpaired) electrons. The maximum absolute atomic E-state index is 6.33. The van der Waals surface area contributed by atoms with E-state index in [1.165, 1.54) is 43.6 Å². The van der Waals surface area contributed by atoms with Gasteiger partial charge in [0.05, 0.1) is 22.1 Å². The summed E-state index contributed by atoms with van der Waals surface area (Å²) in [6.07, 6.45) is 0. The zero-order valence-electron chi connectivity index (χ0n) is 21.0. The summed E-state index contributed by atoms with van der Waals surface area (Å²) in [5.41, 5.74) is 8.87. The summed E-state index contributed by atoms with van der Waals surface area (Å²) < 4.78 is 11.1. The zero-order chi connectivity index (χ0) is 25.5. The molecule has 0 spiro atoms. The molecule has 0 saturated heterocycles. The molecule has 3 heteroatoms. The zero-order valence-corrected chi connectivity index (χ0v) is 21.0. The van der Waals surface area contributed by atoms with Crippen molar-refractivity contribution in [2.24, 2.45) is 0 Å². The second kappa shape index (κ2) is 7.62. The van der Waals surface area contributed by atoms with E-state index in [0.717, 1.165) is 33.3 Å². The highest BCUT2D eigenvalue weighted by Crippen LogP contribution is 2.37. The maximum atomic E-state index is 6.33. The van der Waals surface area contributed by atoms with Gasteiger partial charge in [-0.2, -0.15) is 0 Å². The molecule has 0 unspecified atom stereocenters. The van der Waals surface area contributed by atoms with Gasteiger partial charge in [0.25, 0.3) is 0 Å². The Morgan fingerprint density at radius 2 is 0.667 bits per heavy atom. The van der Waals surface area contributed by atoms with E-state index in [9.17, 15) is 0 Å². The van der Waals surface area contributed by atoms with Crippen LogP contribution in [0.5, 0.6) is 0 Å². The largest absolute Gasteiger partial charge is 0.456 e. The van der Waals surface area contributed by atoms with Gasteiger partial charge in [-0.1, -0.05) is 72.8 Å². The Kier molecular flexibility index (Phi) is 4.05. The molecule has 0 amide bonds. The molecular formula is C36H22N2O. The van der Waals surface area contributed by atoms with Gasteiger partial charge in [0, 0.05) is 43.7 Å². The molecule has 0 aliphatic heterocycles. The first-order valence-electron chi connectivity index (χ1n) is 13.3. The van der Waals surface area contributed by atoms with Crippen LogP contribution in [0.15, 0.2) is 138 Å². The van der Waals surface area contributed by atoms with Crippen molar-refractivity contribution in [3.8, 4) is 11.4 Å². The molecule has 0 aliphatic rings. The minimum absolute atomic E-state index is 0.897. The number of fused-ring (bicyclic) bond motifs is 9. The van der Waals surface area contributed by atoms with Crippen LogP contribution in [0, 0.1) is 0 Å². The standard InChI is InChI=1S/C36H22N2O/c1-5-13-31-25(9-1)26-10-2-6-14-32(26)37(31)23-17-19-35-29(21-23)30-22-24(18-20-36(30)39-35)38-33-15-7-3-11-27(33)28-12-4-8-16-34(28)38/h1-22H. The Bertz CT molecular complexity index is 2120. The van der Waals surface area contributed by atoms with Crippen molar-refractivity contribution >= 4 is 65.6 Å². The highest BCUT2D eigenvalue weighted by molar-refractivity contribution is 6.12. The SMILES string of the molecule is c1ccc2c(c1)c1ccccc1n2-c1ccc2oc3ccc(-n4c5ccccc5c5ccccc54)cc3c2c1. The molecule has 3 nitrogen and oxygen atoms in total. The van der Waals surface area contributed by atoms with Gasteiger partial charge in [-0.3, -0.25) is 0 Å². The first kappa shape index (κ1) is 20.7. The lowest BCUT2D eigenvalue weighted by Gasteiger charge is -2.09. The van der Waals surface area contributed by atoms with Crippen LogP contribution in [-0.4, -0.2) is 9.13 Å². The molecule has 0 atom stereocenters. The Morgan fingerprint density at radius 3 is 1.03 bits per heavy atom. The van der Waals surface area contributed by atoms with Crippen molar-refractivity contribution in [2.45, 2.75) is 0 Å². The molecule has 0 fully saturated rings. The Morgan fingerprint density at radius 1 is 0.333 bits per heavy atom. The van der Waals surface area contributed by atoms with Crippen molar-refractivity contribution in [1.29, 1.82) is 0 Å².